The van der Waals surface area contributed by atoms with Crippen molar-refractivity contribution in [1.82, 2.24) is 5.32 Å². The van der Waals surface area contributed by atoms with Crippen LogP contribution >= 0.6 is 11.3 Å². The zero-order valence-electron chi connectivity index (χ0n) is 10.5. The summed E-state index contributed by atoms with van der Waals surface area (Å²) in [5.74, 6) is -1.07. The Hall–Kier alpha value is -1.40. The van der Waals surface area contributed by atoms with E-state index in [0.717, 1.165) is 17.7 Å². The summed E-state index contributed by atoms with van der Waals surface area (Å²) in [4.78, 5) is 23.6. The van der Waals surface area contributed by atoms with E-state index in [1.165, 1.54) is 11.3 Å². The Bertz CT molecular complexity index is 426. The van der Waals surface area contributed by atoms with Gasteiger partial charge in [-0.15, -0.1) is 11.3 Å². The molecule has 1 aliphatic heterocycles. The average Bonchev–Trinajstić information content (AvgIpc) is 2.99. The lowest BCUT2D eigenvalue weighted by Crippen LogP contribution is -2.32. The van der Waals surface area contributed by atoms with Gasteiger partial charge in [0, 0.05) is 11.5 Å². The van der Waals surface area contributed by atoms with Gasteiger partial charge < -0.3 is 15.2 Å². The van der Waals surface area contributed by atoms with Crippen LogP contribution in [0.3, 0.4) is 0 Å². The number of aliphatic carboxylic acids is 1. The SMILES string of the molecule is O=C(O)C[C@@H](NC(=O)C[C@@H]1CCCO1)c1cccs1. The Morgan fingerprint density at radius 1 is 1.58 bits per heavy atom. The van der Waals surface area contributed by atoms with Crippen LogP contribution in [0.1, 0.15) is 36.6 Å². The van der Waals surface area contributed by atoms with Gasteiger partial charge in [0.15, 0.2) is 0 Å². The number of thiophene rings is 1. The molecule has 2 heterocycles. The minimum Gasteiger partial charge on any atom is -0.481 e. The number of nitrogens with one attached hydrogen (secondary N) is 1. The van der Waals surface area contributed by atoms with E-state index < -0.39 is 12.0 Å². The molecule has 0 aliphatic carbocycles. The first-order valence-corrected chi connectivity index (χ1v) is 7.19. The van der Waals surface area contributed by atoms with Gasteiger partial charge in [-0.2, -0.15) is 0 Å². The molecule has 0 aromatic carbocycles. The first kappa shape index (κ1) is 14.0. The summed E-state index contributed by atoms with van der Waals surface area (Å²) in [6.45, 7) is 0.710. The summed E-state index contributed by atoms with van der Waals surface area (Å²) in [7, 11) is 0. The number of amides is 1. The van der Waals surface area contributed by atoms with Crippen molar-refractivity contribution in [2.24, 2.45) is 0 Å². The molecule has 19 heavy (non-hydrogen) atoms. The maximum atomic E-state index is 11.9. The molecule has 1 aromatic rings. The Balaban J connectivity index is 1.91. The zero-order valence-corrected chi connectivity index (χ0v) is 11.3. The number of carboxylic acid groups (broad SMARTS) is 1. The zero-order chi connectivity index (χ0) is 13.7. The predicted octanol–water partition coefficient (Wildman–Crippen LogP) is 1.95. The molecule has 5 nitrogen and oxygen atoms in total. The van der Waals surface area contributed by atoms with E-state index in [2.05, 4.69) is 5.32 Å². The molecule has 104 valence electrons. The van der Waals surface area contributed by atoms with Crippen molar-refractivity contribution < 1.29 is 19.4 Å². The maximum Gasteiger partial charge on any atom is 0.305 e. The van der Waals surface area contributed by atoms with Gasteiger partial charge in [-0.1, -0.05) is 6.07 Å². The maximum absolute atomic E-state index is 11.9. The van der Waals surface area contributed by atoms with E-state index in [-0.39, 0.29) is 18.4 Å². The summed E-state index contributed by atoms with van der Waals surface area (Å²) in [5.41, 5.74) is 0. The summed E-state index contributed by atoms with van der Waals surface area (Å²) in [6, 6.07) is 3.23. The fraction of sp³-hybridized carbons (Fsp3) is 0.538. The molecule has 1 aliphatic rings. The van der Waals surface area contributed by atoms with E-state index >= 15 is 0 Å². The number of hydrogen-bond acceptors (Lipinski definition) is 4. The highest BCUT2D eigenvalue weighted by Gasteiger charge is 2.23. The molecule has 2 N–H and O–H groups in total. The average molecular weight is 283 g/mol. The summed E-state index contributed by atoms with van der Waals surface area (Å²) >= 11 is 1.45. The molecule has 2 atom stereocenters. The number of carbonyl (C=O) groups is 2. The smallest absolute Gasteiger partial charge is 0.305 e. The third-order valence-corrected chi connectivity index (χ3v) is 4.02. The Kier molecular flexibility index (Phi) is 4.93. The molecule has 6 heteroatoms. The number of carboxylic acids is 1. The van der Waals surface area contributed by atoms with Crippen molar-refractivity contribution in [2.75, 3.05) is 6.61 Å². The Labute approximate surface area is 115 Å². The molecule has 1 amide bonds. The van der Waals surface area contributed by atoms with Gasteiger partial charge in [0.25, 0.3) is 0 Å². The van der Waals surface area contributed by atoms with Gasteiger partial charge >= 0.3 is 5.97 Å². The second kappa shape index (κ2) is 6.68. The molecule has 1 fully saturated rings. The Morgan fingerprint density at radius 2 is 2.42 bits per heavy atom. The van der Waals surface area contributed by atoms with Gasteiger partial charge in [-0.05, 0) is 24.3 Å². The van der Waals surface area contributed by atoms with Crippen LogP contribution in [0.5, 0.6) is 0 Å². The van der Waals surface area contributed by atoms with Crippen LogP contribution in [0.4, 0.5) is 0 Å². The summed E-state index contributed by atoms with van der Waals surface area (Å²) in [6.07, 6.45) is 2.07. The van der Waals surface area contributed by atoms with Gasteiger partial charge in [0.05, 0.1) is 25.0 Å². The topological polar surface area (TPSA) is 75.6 Å². The molecular formula is C13H17NO4S. The molecule has 0 bridgehead atoms. The first-order valence-electron chi connectivity index (χ1n) is 6.31. The highest BCUT2D eigenvalue weighted by Crippen LogP contribution is 2.23. The molecule has 0 radical (unpaired) electrons. The van der Waals surface area contributed by atoms with Crippen molar-refractivity contribution in [1.29, 1.82) is 0 Å². The van der Waals surface area contributed by atoms with Crippen molar-refractivity contribution in [3.63, 3.8) is 0 Å². The van der Waals surface area contributed by atoms with Crippen LogP contribution < -0.4 is 5.32 Å². The summed E-state index contributed by atoms with van der Waals surface area (Å²) in [5, 5.41) is 13.6. The fourth-order valence-corrected chi connectivity index (χ4v) is 2.93. The van der Waals surface area contributed by atoms with Crippen molar-refractivity contribution in [3.8, 4) is 0 Å². The van der Waals surface area contributed by atoms with Crippen LogP contribution in [0.2, 0.25) is 0 Å². The lowest BCUT2D eigenvalue weighted by atomic mass is 10.1. The molecule has 2 rings (SSSR count). The fourth-order valence-electron chi connectivity index (χ4n) is 2.15. The monoisotopic (exact) mass is 283 g/mol. The second-order valence-corrected chi connectivity index (χ2v) is 5.55. The Morgan fingerprint density at radius 3 is 3.00 bits per heavy atom. The molecule has 1 aromatic heterocycles. The number of rotatable bonds is 6. The van der Waals surface area contributed by atoms with Crippen molar-refractivity contribution in [2.45, 2.75) is 37.8 Å². The predicted molar refractivity (Wildman–Crippen MR) is 71.0 cm³/mol. The van der Waals surface area contributed by atoms with Crippen LogP contribution in [0, 0.1) is 0 Å². The number of ether oxygens (including phenoxy) is 1. The van der Waals surface area contributed by atoms with Gasteiger partial charge in [-0.25, -0.2) is 0 Å². The molecular weight excluding hydrogens is 266 g/mol. The third kappa shape index (κ3) is 4.33. The van der Waals surface area contributed by atoms with Crippen LogP contribution in [0.25, 0.3) is 0 Å². The number of carbonyl (C=O) groups excluding carboxylic acids is 1. The second-order valence-electron chi connectivity index (χ2n) is 4.57. The largest absolute Gasteiger partial charge is 0.481 e. The van der Waals surface area contributed by atoms with E-state index in [0.29, 0.717) is 13.0 Å². The molecule has 0 unspecified atom stereocenters. The highest BCUT2D eigenvalue weighted by molar-refractivity contribution is 7.10. The highest BCUT2D eigenvalue weighted by atomic mass is 32.1. The number of hydrogen-bond donors (Lipinski definition) is 2. The standard InChI is InChI=1S/C13H17NO4S/c15-12(7-9-3-1-5-18-9)14-10(8-13(16)17)11-4-2-6-19-11/h2,4,6,9-10H,1,3,5,7-8H2,(H,14,15)(H,16,17)/t9-,10+/m0/s1. The van der Waals surface area contributed by atoms with Crippen LogP contribution in [-0.4, -0.2) is 29.7 Å². The molecule has 1 saturated heterocycles. The van der Waals surface area contributed by atoms with E-state index in [4.69, 9.17) is 9.84 Å². The van der Waals surface area contributed by atoms with E-state index in [1.54, 1.807) is 0 Å². The molecule has 0 saturated carbocycles. The first-order chi connectivity index (χ1) is 9.15. The van der Waals surface area contributed by atoms with Gasteiger partial charge in [-0.3, -0.25) is 9.59 Å². The van der Waals surface area contributed by atoms with Crippen LogP contribution in [-0.2, 0) is 14.3 Å². The molecule has 0 spiro atoms. The van der Waals surface area contributed by atoms with E-state index in [9.17, 15) is 9.59 Å². The quantitative estimate of drug-likeness (QED) is 0.836. The lowest BCUT2D eigenvalue weighted by molar-refractivity contribution is -0.137. The minimum atomic E-state index is -0.921. The van der Waals surface area contributed by atoms with E-state index in [1.807, 2.05) is 17.5 Å². The van der Waals surface area contributed by atoms with Crippen molar-refractivity contribution in [3.05, 3.63) is 22.4 Å². The minimum absolute atomic E-state index is 0.0196. The van der Waals surface area contributed by atoms with Crippen LogP contribution in [0.15, 0.2) is 17.5 Å². The van der Waals surface area contributed by atoms with Gasteiger partial charge in [0.2, 0.25) is 5.91 Å². The summed E-state index contributed by atoms with van der Waals surface area (Å²) < 4.78 is 5.40. The lowest BCUT2D eigenvalue weighted by Gasteiger charge is -2.17. The van der Waals surface area contributed by atoms with Crippen molar-refractivity contribution >= 4 is 23.2 Å². The van der Waals surface area contributed by atoms with Gasteiger partial charge in [0.1, 0.15) is 0 Å². The third-order valence-electron chi connectivity index (χ3n) is 3.04. The normalized spacial score (nSPS) is 20.1.